The first-order chi connectivity index (χ1) is 9.54. The first-order valence-electron chi connectivity index (χ1n) is 7.66. The molecule has 2 unspecified atom stereocenters. The molecule has 0 fully saturated rings. The maximum Gasteiger partial charge on any atom is 0.157 e. The fraction of sp³-hybridized carbons (Fsp3) is 0.750. The van der Waals surface area contributed by atoms with Gasteiger partial charge in [0.05, 0.1) is 0 Å². The Balaban J connectivity index is 3.07. The van der Waals surface area contributed by atoms with Crippen molar-refractivity contribution in [2.45, 2.75) is 59.5 Å². The lowest BCUT2D eigenvalue weighted by Crippen LogP contribution is -2.19. The first kappa shape index (κ1) is 17.1. The fourth-order valence-corrected chi connectivity index (χ4v) is 2.77. The second-order valence-corrected chi connectivity index (χ2v) is 5.36. The molecule has 1 N–H and O–H groups in total. The molecule has 0 aliphatic carbocycles. The average Bonchev–Trinajstić information content (AvgIpc) is 2.38. The molecule has 1 rings (SSSR count). The van der Waals surface area contributed by atoms with E-state index in [2.05, 4.69) is 33.0 Å². The SMILES string of the molecule is CCCC(OCC)c1nc(C)c(C(C)CNC)c(C)n1. The summed E-state index contributed by atoms with van der Waals surface area (Å²) in [4.78, 5) is 9.42. The van der Waals surface area contributed by atoms with Crippen molar-refractivity contribution in [1.29, 1.82) is 0 Å². The summed E-state index contributed by atoms with van der Waals surface area (Å²) in [5.74, 6) is 1.26. The van der Waals surface area contributed by atoms with E-state index in [1.54, 1.807) is 0 Å². The molecule has 0 saturated heterocycles. The van der Waals surface area contributed by atoms with Gasteiger partial charge < -0.3 is 10.1 Å². The molecule has 0 saturated carbocycles. The second kappa shape index (κ2) is 8.32. The Kier molecular flexibility index (Phi) is 7.10. The van der Waals surface area contributed by atoms with Crippen LogP contribution in [0.3, 0.4) is 0 Å². The molecule has 0 spiro atoms. The molecule has 0 radical (unpaired) electrons. The Morgan fingerprint density at radius 2 is 1.75 bits per heavy atom. The van der Waals surface area contributed by atoms with Gasteiger partial charge >= 0.3 is 0 Å². The van der Waals surface area contributed by atoms with Gasteiger partial charge in [0, 0.05) is 24.5 Å². The van der Waals surface area contributed by atoms with Crippen LogP contribution >= 0.6 is 0 Å². The van der Waals surface area contributed by atoms with Crippen molar-refractivity contribution < 1.29 is 4.74 Å². The van der Waals surface area contributed by atoms with Gasteiger partial charge in [0.15, 0.2) is 5.82 Å². The zero-order valence-electron chi connectivity index (χ0n) is 13.8. The molecule has 0 aliphatic rings. The highest BCUT2D eigenvalue weighted by molar-refractivity contribution is 5.28. The Morgan fingerprint density at radius 3 is 2.20 bits per heavy atom. The van der Waals surface area contributed by atoms with Crippen molar-refractivity contribution >= 4 is 0 Å². The van der Waals surface area contributed by atoms with E-state index in [0.717, 1.165) is 36.6 Å². The summed E-state index contributed by atoms with van der Waals surface area (Å²) in [6.07, 6.45) is 2.07. The van der Waals surface area contributed by atoms with E-state index in [-0.39, 0.29) is 6.10 Å². The van der Waals surface area contributed by atoms with E-state index >= 15 is 0 Å². The number of nitrogens with one attached hydrogen (secondary N) is 1. The highest BCUT2D eigenvalue weighted by atomic mass is 16.5. The minimum atomic E-state index is 0.0241. The Hall–Kier alpha value is -1.00. The van der Waals surface area contributed by atoms with Crippen LogP contribution in [-0.4, -0.2) is 30.2 Å². The van der Waals surface area contributed by atoms with Gasteiger partial charge in [-0.05, 0) is 45.7 Å². The number of aryl methyl sites for hydroxylation is 2. The molecule has 0 bridgehead atoms. The number of aromatic nitrogens is 2. The molecule has 0 amide bonds. The van der Waals surface area contributed by atoms with Crippen LogP contribution in [0.15, 0.2) is 0 Å². The standard InChI is InChI=1S/C16H29N3O/c1-7-9-14(20-8-2)16-18-12(4)15(13(5)19-16)11(3)10-17-6/h11,14,17H,7-10H2,1-6H3. The van der Waals surface area contributed by atoms with Gasteiger partial charge in [0.1, 0.15) is 6.10 Å². The number of ether oxygens (including phenoxy) is 1. The molecular formula is C16H29N3O. The lowest BCUT2D eigenvalue weighted by Gasteiger charge is -2.20. The van der Waals surface area contributed by atoms with E-state index in [9.17, 15) is 0 Å². The lowest BCUT2D eigenvalue weighted by molar-refractivity contribution is 0.0491. The molecule has 4 nitrogen and oxygen atoms in total. The first-order valence-corrected chi connectivity index (χ1v) is 7.66. The van der Waals surface area contributed by atoms with Crippen molar-refractivity contribution in [1.82, 2.24) is 15.3 Å². The topological polar surface area (TPSA) is 47.0 Å². The molecule has 2 atom stereocenters. The quantitative estimate of drug-likeness (QED) is 0.793. The molecule has 0 aromatic carbocycles. The summed E-state index contributed by atoms with van der Waals surface area (Å²) in [5.41, 5.74) is 3.42. The number of nitrogens with zero attached hydrogens (tertiary/aromatic N) is 2. The molecular weight excluding hydrogens is 250 g/mol. The predicted octanol–water partition coefficient (Wildman–Crippen LogP) is 3.29. The van der Waals surface area contributed by atoms with E-state index in [0.29, 0.717) is 12.5 Å². The van der Waals surface area contributed by atoms with Gasteiger partial charge in [0.2, 0.25) is 0 Å². The van der Waals surface area contributed by atoms with Gasteiger partial charge in [-0.2, -0.15) is 0 Å². The maximum absolute atomic E-state index is 5.79. The fourth-order valence-electron chi connectivity index (χ4n) is 2.77. The molecule has 4 heteroatoms. The minimum Gasteiger partial charge on any atom is -0.371 e. The van der Waals surface area contributed by atoms with Crippen LogP contribution < -0.4 is 5.32 Å². The summed E-state index contributed by atoms with van der Waals surface area (Å²) >= 11 is 0. The number of hydrogen-bond donors (Lipinski definition) is 1. The summed E-state index contributed by atoms with van der Waals surface area (Å²) in [5, 5.41) is 3.22. The third kappa shape index (κ3) is 4.25. The highest BCUT2D eigenvalue weighted by Gasteiger charge is 2.19. The van der Waals surface area contributed by atoms with Gasteiger partial charge in [0.25, 0.3) is 0 Å². The van der Waals surface area contributed by atoms with Crippen LogP contribution in [0.4, 0.5) is 0 Å². The van der Waals surface area contributed by atoms with E-state index in [4.69, 9.17) is 14.7 Å². The van der Waals surface area contributed by atoms with Crippen molar-refractivity contribution in [3.05, 3.63) is 22.8 Å². The molecule has 1 heterocycles. The molecule has 1 aromatic rings. The summed E-state index contributed by atoms with van der Waals surface area (Å²) in [6, 6.07) is 0. The molecule has 20 heavy (non-hydrogen) atoms. The molecule has 1 aromatic heterocycles. The number of hydrogen-bond acceptors (Lipinski definition) is 4. The minimum absolute atomic E-state index is 0.0241. The smallest absolute Gasteiger partial charge is 0.157 e. The van der Waals surface area contributed by atoms with Gasteiger partial charge in [-0.25, -0.2) is 9.97 Å². The van der Waals surface area contributed by atoms with Gasteiger partial charge in [-0.3, -0.25) is 0 Å². The Labute approximate surface area is 123 Å². The Morgan fingerprint density at radius 1 is 1.15 bits per heavy atom. The third-order valence-electron chi connectivity index (χ3n) is 3.55. The molecule has 114 valence electrons. The van der Waals surface area contributed by atoms with Gasteiger partial charge in [-0.1, -0.05) is 20.3 Å². The van der Waals surface area contributed by atoms with Crippen molar-refractivity contribution in [2.75, 3.05) is 20.2 Å². The summed E-state index contributed by atoms with van der Waals surface area (Å²) < 4.78 is 5.79. The zero-order chi connectivity index (χ0) is 15.1. The van der Waals surface area contributed by atoms with Crippen molar-refractivity contribution in [3.63, 3.8) is 0 Å². The highest BCUT2D eigenvalue weighted by Crippen LogP contribution is 2.25. The van der Waals surface area contributed by atoms with Crippen LogP contribution in [0.1, 0.15) is 68.4 Å². The van der Waals surface area contributed by atoms with Gasteiger partial charge in [-0.15, -0.1) is 0 Å². The van der Waals surface area contributed by atoms with Crippen LogP contribution in [0.5, 0.6) is 0 Å². The largest absolute Gasteiger partial charge is 0.371 e. The van der Waals surface area contributed by atoms with Crippen LogP contribution in [0, 0.1) is 13.8 Å². The predicted molar refractivity (Wildman–Crippen MR) is 83.1 cm³/mol. The van der Waals surface area contributed by atoms with Crippen molar-refractivity contribution in [3.8, 4) is 0 Å². The lowest BCUT2D eigenvalue weighted by atomic mass is 9.97. The number of rotatable bonds is 8. The second-order valence-electron chi connectivity index (χ2n) is 5.36. The zero-order valence-corrected chi connectivity index (χ0v) is 13.8. The summed E-state index contributed by atoms with van der Waals surface area (Å²) in [6.45, 7) is 12.2. The van der Waals surface area contributed by atoms with E-state index in [1.165, 1.54) is 5.56 Å². The van der Waals surface area contributed by atoms with Crippen LogP contribution in [-0.2, 0) is 4.74 Å². The summed E-state index contributed by atoms with van der Waals surface area (Å²) in [7, 11) is 1.97. The average molecular weight is 279 g/mol. The van der Waals surface area contributed by atoms with E-state index in [1.807, 2.05) is 14.0 Å². The van der Waals surface area contributed by atoms with Crippen molar-refractivity contribution in [2.24, 2.45) is 0 Å². The molecule has 0 aliphatic heterocycles. The normalized spacial score (nSPS) is 14.3. The van der Waals surface area contributed by atoms with E-state index < -0.39 is 0 Å². The maximum atomic E-state index is 5.79. The third-order valence-corrected chi connectivity index (χ3v) is 3.55. The van der Waals surface area contributed by atoms with Crippen LogP contribution in [0.2, 0.25) is 0 Å². The monoisotopic (exact) mass is 279 g/mol. The van der Waals surface area contributed by atoms with Crippen LogP contribution in [0.25, 0.3) is 0 Å². The Bertz CT molecular complexity index is 391. The number of likely N-dealkylation sites (N-methyl/N-ethyl adjacent to an activating group) is 1.